The van der Waals surface area contributed by atoms with E-state index in [9.17, 15) is 21.6 Å². The van der Waals surface area contributed by atoms with Gasteiger partial charge in [-0.1, -0.05) is 30.3 Å². The van der Waals surface area contributed by atoms with Gasteiger partial charge in [0.05, 0.1) is 16.8 Å². The lowest BCUT2D eigenvalue weighted by molar-refractivity contribution is 0.171. The van der Waals surface area contributed by atoms with Crippen LogP contribution in [0.4, 0.5) is 4.79 Å². The number of benzene rings is 1. The van der Waals surface area contributed by atoms with Crippen molar-refractivity contribution in [2.24, 2.45) is 0 Å². The lowest BCUT2D eigenvalue weighted by Crippen LogP contribution is -2.54. The van der Waals surface area contributed by atoms with Gasteiger partial charge in [-0.25, -0.2) is 21.6 Å². The molecule has 0 saturated carbocycles. The standard InChI is InChI=1S/C16H23N3O5S2/c20-16(17-12-14-4-2-1-3-5-14)18-7-9-19(10-8-18)26(23,24)15-6-11-25(21,22)13-15/h1-5,15H,6-13H2,(H,17,20)/t15-/m1/s1. The molecule has 0 bridgehead atoms. The van der Waals surface area contributed by atoms with Gasteiger partial charge in [0.2, 0.25) is 10.0 Å². The SMILES string of the molecule is O=C(NCc1ccccc1)N1CCN(S(=O)(=O)[C@@H]2CCS(=O)(=O)C2)CC1. The molecule has 2 amide bonds. The normalized spacial score (nSPS) is 23.7. The van der Waals surface area contributed by atoms with Gasteiger partial charge in [-0.2, -0.15) is 4.31 Å². The molecular formula is C16H23N3O5S2. The molecule has 0 spiro atoms. The summed E-state index contributed by atoms with van der Waals surface area (Å²) in [6.07, 6.45) is 0.155. The van der Waals surface area contributed by atoms with Gasteiger partial charge >= 0.3 is 6.03 Å². The number of carbonyl (C=O) groups is 1. The lowest BCUT2D eigenvalue weighted by atomic mass is 10.2. The van der Waals surface area contributed by atoms with Gasteiger partial charge in [-0.15, -0.1) is 0 Å². The molecule has 26 heavy (non-hydrogen) atoms. The summed E-state index contributed by atoms with van der Waals surface area (Å²) >= 11 is 0. The number of piperazine rings is 1. The first kappa shape index (κ1) is 19.1. The van der Waals surface area contributed by atoms with Crippen LogP contribution >= 0.6 is 0 Å². The first-order chi connectivity index (χ1) is 12.3. The molecule has 1 atom stereocenters. The fraction of sp³-hybridized carbons (Fsp3) is 0.562. The van der Waals surface area contributed by atoms with Crippen molar-refractivity contribution in [3.63, 3.8) is 0 Å². The first-order valence-corrected chi connectivity index (χ1v) is 11.9. The Morgan fingerprint density at radius 2 is 1.77 bits per heavy atom. The Kier molecular flexibility index (Phi) is 5.54. The van der Waals surface area contributed by atoms with Crippen LogP contribution < -0.4 is 5.32 Å². The van der Waals surface area contributed by atoms with Gasteiger partial charge in [-0.05, 0) is 12.0 Å². The molecule has 1 aromatic rings. The predicted octanol–water partition coefficient (Wildman–Crippen LogP) is 0.0307. The van der Waals surface area contributed by atoms with Crippen molar-refractivity contribution < 1.29 is 21.6 Å². The van der Waals surface area contributed by atoms with Crippen molar-refractivity contribution >= 4 is 25.9 Å². The van der Waals surface area contributed by atoms with Crippen molar-refractivity contribution in [1.82, 2.24) is 14.5 Å². The maximum absolute atomic E-state index is 12.6. The largest absolute Gasteiger partial charge is 0.334 e. The predicted molar refractivity (Wildman–Crippen MR) is 97.8 cm³/mol. The summed E-state index contributed by atoms with van der Waals surface area (Å²) in [6.45, 7) is 1.38. The Hall–Kier alpha value is -1.65. The number of rotatable bonds is 4. The second-order valence-corrected chi connectivity index (χ2v) is 11.0. The minimum atomic E-state index is -3.64. The number of nitrogens with zero attached hydrogens (tertiary/aromatic N) is 2. The van der Waals surface area contributed by atoms with E-state index in [1.54, 1.807) is 4.90 Å². The molecular weight excluding hydrogens is 378 g/mol. The number of carbonyl (C=O) groups excluding carboxylic acids is 1. The number of amides is 2. The van der Waals surface area contributed by atoms with Crippen molar-refractivity contribution in [3.05, 3.63) is 35.9 Å². The fourth-order valence-electron chi connectivity index (χ4n) is 3.24. The molecule has 144 valence electrons. The van der Waals surface area contributed by atoms with Gasteiger partial charge in [0, 0.05) is 32.7 Å². The maximum Gasteiger partial charge on any atom is 0.317 e. The molecule has 0 aliphatic carbocycles. The Labute approximate surface area is 154 Å². The summed E-state index contributed by atoms with van der Waals surface area (Å²) in [7, 11) is -6.90. The number of urea groups is 1. The fourth-order valence-corrected chi connectivity index (χ4v) is 7.75. The lowest BCUT2D eigenvalue weighted by Gasteiger charge is -2.35. The molecule has 10 heteroatoms. The monoisotopic (exact) mass is 401 g/mol. The highest BCUT2D eigenvalue weighted by molar-refractivity contribution is 7.95. The van der Waals surface area contributed by atoms with Crippen LogP contribution in [0, 0.1) is 0 Å². The number of sulfonamides is 1. The summed E-state index contributed by atoms with van der Waals surface area (Å²) in [5, 5.41) is 1.97. The minimum Gasteiger partial charge on any atom is -0.334 e. The van der Waals surface area contributed by atoms with Crippen LogP contribution in [0.5, 0.6) is 0 Å². The average molecular weight is 402 g/mol. The van der Waals surface area contributed by atoms with E-state index in [0.29, 0.717) is 19.6 Å². The number of sulfone groups is 1. The smallest absolute Gasteiger partial charge is 0.317 e. The van der Waals surface area contributed by atoms with Crippen LogP contribution in [-0.4, -0.2) is 75.0 Å². The third-order valence-electron chi connectivity index (χ3n) is 4.78. The van der Waals surface area contributed by atoms with E-state index in [1.165, 1.54) is 4.31 Å². The van der Waals surface area contributed by atoms with Gasteiger partial charge in [0.1, 0.15) is 0 Å². The van der Waals surface area contributed by atoms with Crippen molar-refractivity contribution in [2.45, 2.75) is 18.2 Å². The Morgan fingerprint density at radius 3 is 2.35 bits per heavy atom. The molecule has 3 rings (SSSR count). The average Bonchev–Trinajstić information content (AvgIpc) is 3.01. The minimum absolute atomic E-state index is 0.0707. The summed E-state index contributed by atoms with van der Waals surface area (Å²) in [5.41, 5.74) is 0.990. The van der Waals surface area contributed by atoms with E-state index in [4.69, 9.17) is 0 Å². The summed E-state index contributed by atoms with van der Waals surface area (Å²) in [5.74, 6) is -0.369. The van der Waals surface area contributed by atoms with E-state index >= 15 is 0 Å². The van der Waals surface area contributed by atoms with Crippen LogP contribution in [-0.2, 0) is 26.4 Å². The van der Waals surface area contributed by atoms with Crippen LogP contribution in [0.15, 0.2) is 30.3 Å². The first-order valence-electron chi connectivity index (χ1n) is 8.54. The topological polar surface area (TPSA) is 104 Å². The molecule has 0 aromatic heterocycles. The zero-order valence-electron chi connectivity index (χ0n) is 14.4. The van der Waals surface area contributed by atoms with E-state index in [1.807, 2.05) is 30.3 Å². The third-order valence-corrected chi connectivity index (χ3v) is 9.09. The van der Waals surface area contributed by atoms with Gasteiger partial charge < -0.3 is 10.2 Å². The van der Waals surface area contributed by atoms with Crippen LogP contribution in [0.2, 0.25) is 0 Å². The Balaban J connectivity index is 1.51. The highest BCUT2D eigenvalue weighted by Crippen LogP contribution is 2.23. The molecule has 8 nitrogen and oxygen atoms in total. The van der Waals surface area contributed by atoms with Gasteiger partial charge in [0.25, 0.3) is 0 Å². The van der Waals surface area contributed by atoms with Crippen molar-refractivity contribution in [1.29, 1.82) is 0 Å². The van der Waals surface area contributed by atoms with Crippen molar-refractivity contribution in [2.75, 3.05) is 37.7 Å². The third kappa shape index (κ3) is 4.36. The molecule has 2 aliphatic heterocycles. The second-order valence-electron chi connectivity index (χ2n) is 6.60. The molecule has 1 N–H and O–H groups in total. The molecule has 2 saturated heterocycles. The van der Waals surface area contributed by atoms with E-state index in [2.05, 4.69) is 5.32 Å². The molecule has 0 unspecified atom stereocenters. The van der Waals surface area contributed by atoms with Crippen LogP contribution in [0.25, 0.3) is 0 Å². The van der Waals surface area contributed by atoms with Gasteiger partial charge in [-0.3, -0.25) is 0 Å². The molecule has 2 fully saturated rings. The van der Waals surface area contributed by atoms with E-state index in [0.717, 1.165) is 5.56 Å². The zero-order valence-corrected chi connectivity index (χ0v) is 16.0. The highest BCUT2D eigenvalue weighted by atomic mass is 32.2. The quantitative estimate of drug-likeness (QED) is 0.767. The van der Waals surface area contributed by atoms with Crippen LogP contribution in [0.1, 0.15) is 12.0 Å². The summed E-state index contributed by atoms with van der Waals surface area (Å²) in [4.78, 5) is 13.8. The van der Waals surface area contributed by atoms with Crippen molar-refractivity contribution in [3.8, 4) is 0 Å². The summed E-state index contributed by atoms with van der Waals surface area (Å²) in [6, 6.07) is 9.30. The molecule has 2 heterocycles. The van der Waals surface area contributed by atoms with Crippen LogP contribution in [0.3, 0.4) is 0 Å². The Bertz CT molecular complexity index is 847. The second kappa shape index (κ2) is 7.53. The summed E-state index contributed by atoms with van der Waals surface area (Å²) < 4.78 is 49.6. The number of nitrogens with one attached hydrogen (secondary N) is 1. The number of hydrogen-bond donors (Lipinski definition) is 1. The number of hydrogen-bond acceptors (Lipinski definition) is 5. The molecule has 2 aliphatic rings. The van der Waals surface area contributed by atoms with E-state index < -0.39 is 25.1 Å². The zero-order chi connectivity index (χ0) is 18.8. The highest BCUT2D eigenvalue weighted by Gasteiger charge is 2.41. The molecule has 0 radical (unpaired) electrons. The Morgan fingerprint density at radius 1 is 1.12 bits per heavy atom. The maximum atomic E-state index is 12.6. The molecule has 1 aromatic carbocycles. The van der Waals surface area contributed by atoms with Gasteiger partial charge in [0.15, 0.2) is 9.84 Å². The van der Waals surface area contributed by atoms with E-state index in [-0.39, 0.29) is 37.0 Å².